The van der Waals surface area contributed by atoms with E-state index in [1.54, 1.807) is 35.5 Å². The first-order chi connectivity index (χ1) is 14.0. The van der Waals surface area contributed by atoms with Crippen LogP contribution in [-0.4, -0.2) is 43.0 Å². The number of nitrogens with zero attached hydrogens (tertiary/aromatic N) is 2. The van der Waals surface area contributed by atoms with Crippen molar-refractivity contribution in [1.29, 1.82) is 0 Å². The van der Waals surface area contributed by atoms with E-state index in [9.17, 15) is 9.59 Å². The number of carbonyl (C=O) groups excluding carboxylic acids is 2. The minimum Gasteiger partial charge on any atom is -0.497 e. The number of rotatable bonds is 7. The van der Waals surface area contributed by atoms with Crippen LogP contribution in [0.25, 0.3) is 0 Å². The van der Waals surface area contributed by atoms with Gasteiger partial charge in [0, 0.05) is 30.6 Å². The van der Waals surface area contributed by atoms with Crippen LogP contribution in [0.1, 0.15) is 26.4 Å². The summed E-state index contributed by atoms with van der Waals surface area (Å²) in [6.07, 6.45) is 0. The van der Waals surface area contributed by atoms with Gasteiger partial charge in [0.2, 0.25) is 0 Å². The molecule has 0 bridgehead atoms. The van der Waals surface area contributed by atoms with Gasteiger partial charge in [0.1, 0.15) is 17.2 Å². The van der Waals surface area contributed by atoms with Crippen LogP contribution in [0.2, 0.25) is 0 Å². The second kappa shape index (κ2) is 9.20. The first-order valence-corrected chi connectivity index (χ1v) is 9.67. The summed E-state index contributed by atoms with van der Waals surface area (Å²) in [4.78, 5) is 31.0. The Morgan fingerprint density at radius 1 is 1.07 bits per heavy atom. The molecular weight excluding hydrogens is 390 g/mol. The SMILES string of the molecule is COc1cc(OC)cc(C(=O)Nc2nc(C(=O)N(C)Cc3ccccc3)cs2)c1. The summed E-state index contributed by atoms with van der Waals surface area (Å²) in [5.74, 6) is 0.431. The van der Waals surface area contributed by atoms with Gasteiger partial charge in [-0.15, -0.1) is 11.3 Å². The minimum atomic E-state index is -0.367. The highest BCUT2D eigenvalue weighted by Gasteiger charge is 2.17. The molecule has 7 nitrogen and oxygen atoms in total. The Labute approximate surface area is 172 Å². The standard InChI is InChI=1S/C21H21N3O4S/c1-24(12-14-7-5-4-6-8-14)20(26)18-13-29-21(22-18)23-19(25)15-9-16(27-2)11-17(10-15)28-3/h4-11,13H,12H2,1-3H3,(H,22,23,25). The molecule has 0 aliphatic heterocycles. The first-order valence-electron chi connectivity index (χ1n) is 8.79. The molecule has 0 aliphatic rings. The molecule has 29 heavy (non-hydrogen) atoms. The Balaban J connectivity index is 1.68. The lowest BCUT2D eigenvalue weighted by molar-refractivity contribution is 0.0779. The fourth-order valence-electron chi connectivity index (χ4n) is 2.66. The maximum absolute atomic E-state index is 12.6. The Hall–Kier alpha value is -3.39. The third-order valence-electron chi connectivity index (χ3n) is 4.17. The number of thiazole rings is 1. The van der Waals surface area contributed by atoms with Crippen LogP contribution < -0.4 is 14.8 Å². The van der Waals surface area contributed by atoms with Gasteiger partial charge in [-0.2, -0.15) is 0 Å². The molecule has 0 aliphatic carbocycles. The molecule has 3 aromatic rings. The van der Waals surface area contributed by atoms with Gasteiger partial charge in [-0.05, 0) is 17.7 Å². The molecule has 8 heteroatoms. The van der Waals surface area contributed by atoms with Gasteiger partial charge < -0.3 is 14.4 Å². The van der Waals surface area contributed by atoms with Crippen LogP contribution in [0.5, 0.6) is 11.5 Å². The summed E-state index contributed by atoms with van der Waals surface area (Å²) < 4.78 is 10.4. The van der Waals surface area contributed by atoms with E-state index in [1.165, 1.54) is 25.6 Å². The lowest BCUT2D eigenvalue weighted by Gasteiger charge is -2.15. The van der Waals surface area contributed by atoms with Crippen LogP contribution in [-0.2, 0) is 6.54 Å². The van der Waals surface area contributed by atoms with Crippen molar-refractivity contribution >= 4 is 28.3 Å². The van der Waals surface area contributed by atoms with Gasteiger partial charge in [0.25, 0.3) is 11.8 Å². The third-order valence-corrected chi connectivity index (χ3v) is 4.92. The van der Waals surface area contributed by atoms with Crippen molar-refractivity contribution in [3.8, 4) is 11.5 Å². The smallest absolute Gasteiger partial charge is 0.273 e. The average Bonchev–Trinajstić information content (AvgIpc) is 3.21. The van der Waals surface area contributed by atoms with Crippen LogP contribution in [0.4, 0.5) is 5.13 Å². The van der Waals surface area contributed by atoms with Gasteiger partial charge in [0.05, 0.1) is 14.2 Å². The van der Waals surface area contributed by atoms with Crippen molar-refractivity contribution in [2.45, 2.75) is 6.54 Å². The van der Waals surface area contributed by atoms with Crippen molar-refractivity contribution in [3.63, 3.8) is 0 Å². The van der Waals surface area contributed by atoms with E-state index in [0.717, 1.165) is 5.56 Å². The zero-order valence-corrected chi connectivity index (χ0v) is 17.2. The summed E-state index contributed by atoms with van der Waals surface area (Å²) in [5.41, 5.74) is 1.68. The van der Waals surface area contributed by atoms with E-state index in [-0.39, 0.29) is 17.5 Å². The van der Waals surface area contributed by atoms with Crippen molar-refractivity contribution in [2.75, 3.05) is 26.6 Å². The molecule has 0 saturated carbocycles. The quantitative estimate of drug-likeness (QED) is 0.641. The lowest BCUT2D eigenvalue weighted by Crippen LogP contribution is -2.26. The predicted octanol–water partition coefficient (Wildman–Crippen LogP) is 3.68. The Morgan fingerprint density at radius 3 is 2.34 bits per heavy atom. The van der Waals surface area contributed by atoms with Gasteiger partial charge in [-0.3, -0.25) is 14.9 Å². The number of benzene rings is 2. The Bertz CT molecular complexity index is 982. The summed E-state index contributed by atoms with van der Waals surface area (Å²) >= 11 is 1.19. The normalized spacial score (nSPS) is 10.3. The van der Waals surface area contributed by atoms with Crippen LogP contribution in [0.15, 0.2) is 53.9 Å². The zero-order chi connectivity index (χ0) is 20.8. The number of amides is 2. The number of hydrogen-bond donors (Lipinski definition) is 1. The molecule has 1 aromatic heterocycles. The van der Waals surface area contributed by atoms with Gasteiger partial charge in [-0.25, -0.2) is 4.98 Å². The molecule has 2 aromatic carbocycles. The number of ether oxygens (including phenoxy) is 2. The number of hydrogen-bond acceptors (Lipinski definition) is 6. The molecule has 0 atom stereocenters. The molecule has 3 rings (SSSR count). The monoisotopic (exact) mass is 411 g/mol. The molecule has 1 N–H and O–H groups in total. The molecule has 2 amide bonds. The molecule has 0 saturated heterocycles. The summed E-state index contributed by atoms with van der Waals surface area (Å²) in [7, 11) is 4.75. The highest BCUT2D eigenvalue weighted by atomic mass is 32.1. The third kappa shape index (κ3) is 5.11. The Kier molecular flexibility index (Phi) is 6.46. The second-order valence-corrected chi connectivity index (χ2v) is 7.10. The number of aromatic nitrogens is 1. The molecule has 0 radical (unpaired) electrons. The van der Waals surface area contributed by atoms with Gasteiger partial charge in [-0.1, -0.05) is 30.3 Å². The number of carbonyl (C=O) groups is 2. The summed E-state index contributed by atoms with van der Waals surface area (Å²) in [6, 6.07) is 14.6. The van der Waals surface area contributed by atoms with Crippen LogP contribution >= 0.6 is 11.3 Å². The predicted molar refractivity (Wildman–Crippen MR) is 112 cm³/mol. The zero-order valence-electron chi connectivity index (χ0n) is 16.3. The van der Waals surface area contributed by atoms with Crippen molar-refractivity contribution in [2.24, 2.45) is 0 Å². The maximum atomic E-state index is 12.6. The van der Waals surface area contributed by atoms with E-state index in [0.29, 0.717) is 28.7 Å². The number of methoxy groups -OCH3 is 2. The molecule has 1 heterocycles. The molecular formula is C21H21N3O4S. The van der Waals surface area contributed by atoms with Gasteiger partial charge in [0.15, 0.2) is 5.13 Å². The van der Waals surface area contributed by atoms with Crippen molar-refractivity contribution in [1.82, 2.24) is 9.88 Å². The fraction of sp³-hybridized carbons (Fsp3) is 0.190. The highest BCUT2D eigenvalue weighted by Crippen LogP contribution is 2.24. The highest BCUT2D eigenvalue weighted by molar-refractivity contribution is 7.14. The maximum Gasteiger partial charge on any atom is 0.273 e. The lowest BCUT2D eigenvalue weighted by atomic mass is 10.2. The molecule has 0 unspecified atom stereocenters. The van der Waals surface area contributed by atoms with Crippen LogP contribution in [0, 0.1) is 0 Å². The van der Waals surface area contributed by atoms with E-state index >= 15 is 0 Å². The largest absolute Gasteiger partial charge is 0.497 e. The molecule has 0 fully saturated rings. The fourth-order valence-corrected chi connectivity index (χ4v) is 3.34. The molecule has 150 valence electrons. The number of nitrogens with one attached hydrogen (secondary N) is 1. The van der Waals surface area contributed by atoms with Crippen molar-refractivity contribution in [3.05, 3.63) is 70.7 Å². The van der Waals surface area contributed by atoms with E-state index in [2.05, 4.69) is 10.3 Å². The molecule has 0 spiro atoms. The summed E-state index contributed by atoms with van der Waals surface area (Å²) in [5, 5.41) is 4.68. The summed E-state index contributed by atoms with van der Waals surface area (Å²) in [6.45, 7) is 0.475. The van der Waals surface area contributed by atoms with E-state index < -0.39 is 0 Å². The Morgan fingerprint density at radius 2 is 1.72 bits per heavy atom. The van der Waals surface area contributed by atoms with E-state index in [1.807, 2.05) is 30.3 Å². The van der Waals surface area contributed by atoms with E-state index in [4.69, 9.17) is 9.47 Å². The minimum absolute atomic E-state index is 0.214. The first kappa shape index (κ1) is 20.3. The topological polar surface area (TPSA) is 80.8 Å². The number of anilines is 1. The second-order valence-electron chi connectivity index (χ2n) is 6.24. The average molecular weight is 411 g/mol. The van der Waals surface area contributed by atoms with Gasteiger partial charge >= 0.3 is 0 Å². The van der Waals surface area contributed by atoms with Crippen LogP contribution in [0.3, 0.4) is 0 Å². The van der Waals surface area contributed by atoms with Crippen molar-refractivity contribution < 1.29 is 19.1 Å².